The monoisotopic (exact) mass is 235 g/mol. The Morgan fingerprint density at radius 1 is 1.35 bits per heavy atom. The molecule has 94 valence electrons. The molecule has 3 N–H and O–H groups in total. The van der Waals surface area contributed by atoms with Gasteiger partial charge in [0, 0.05) is 24.8 Å². The van der Waals surface area contributed by atoms with Gasteiger partial charge in [-0.2, -0.15) is 0 Å². The molecule has 0 unspecified atom stereocenters. The molecule has 0 atom stereocenters. The van der Waals surface area contributed by atoms with Crippen molar-refractivity contribution < 1.29 is 4.74 Å². The van der Waals surface area contributed by atoms with Gasteiger partial charge in [0.05, 0.1) is 0 Å². The molecule has 0 saturated heterocycles. The number of nitrogens with one attached hydrogen (secondary N) is 1. The minimum absolute atomic E-state index is 0.503. The average Bonchev–Trinajstić information content (AvgIpc) is 2.36. The highest BCUT2D eigenvalue weighted by Gasteiger charge is 2.11. The molecule has 1 aromatic rings. The Bertz CT molecular complexity index is 337. The van der Waals surface area contributed by atoms with E-state index in [1.807, 2.05) is 6.07 Å². The van der Waals surface area contributed by atoms with Crippen molar-refractivity contribution in [2.75, 3.05) is 18.9 Å². The Labute approximate surface area is 103 Å². The first-order chi connectivity index (χ1) is 8.34. The third-order valence-corrected chi connectivity index (χ3v) is 3.16. The molecule has 2 rings (SSSR count). The summed E-state index contributed by atoms with van der Waals surface area (Å²) in [5, 5.41) is 3.53. The predicted molar refractivity (Wildman–Crippen MR) is 69.0 cm³/mol. The second-order valence-corrected chi connectivity index (χ2v) is 4.55. The van der Waals surface area contributed by atoms with Gasteiger partial charge in [0.1, 0.15) is 18.2 Å². The lowest BCUT2D eigenvalue weighted by Crippen LogP contribution is -2.34. The maximum absolute atomic E-state index is 5.60. The first-order valence-corrected chi connectivity index (χ1v) is 6.42. The van der Waals surface area contributed by atoms with Gasteiger partial charge in [-0.05, 0) is 18.9 Å². The number of aromatic nitrogens is 1. The minimum Gasteiger partial charge on any atom is -0.492 e. The van der Waals surface area contributed by atoms with Gasteiger partial charge in [-0.1, -0.05) is 19.3 Å². The number of nitrogens with zero attached hydrogens (tertiary/aromatic N) is 1. The second-order valence-electron chi connectivity index (χ2n) is 4.55. The van der Waals surface area contributed by atoms with Gasteiger partial charge >= 0.3 is 0 Å². The molecule has 0 spiro atoms. The van der Waals surface area contributed by atoms with Crippen molar-refractivity contribution in [3.63, 3.8) is 0 Å². The second kappa shape index (κ2) is 6.45. The lowest BCUT2D eigenvalue weighted by molar-refractivity contribution is 0.289. The van der Waals surface area contributed by atoms with Crippen LogP contribution < -0.4 is 15.8 Å². The van der Waals surface area contributed by atoms with Crippen molar-refractivity contribution in [1.82, 2.24) is 10.3 Å². The molecule has 1 saturated carbocycles. The van der Waals surface area contributed by atoms with Crippen molar-refractivity contribution in [2.45, 2.75) is 38.1 Å². The molecule has 0 radical (unpaired) electrons. The van der Waals surface area contributed by atoms with Crippen LogP contribution in [-0.2, 0) is 0 Å². The van der Waals surface area contributed by atoms with Crippen LogP contribution in [0.5, 0.6) is 5.75 Å². The molecule has 17 heavy (non-hydrogen) atoms. The molecule has 1 heterocycles. The maximum Gasteiger partial charge on any atom is 0.126 e. The standard InChI is InChI=1S/C13H21N3O/c14-13-10-12(6-7-16-13)17-9-8-15-11-4-2-1-3-5-11/h6-7,10-11,15H,1-5,8-9H2,(H2,14,16). The summed E-state index contributed by atoms with van der Waals surface area (Å²) in [6, 6.07) is 4.27. The first kappa shape index (κ1) is 12.2. The SMILES string of the molecule is Nc1cc(OCCNC2CCCCC2)ccn1. The fourth-order valence-corrected chi connectivity index (χ4v) is 2.26. The summed E-state index contributed by atoms with van der Waals surface area (Å²) in [6.45, 7) is 1.58. The fraction of sp³-hybridized carbons (Fsp3) is 0.615. The first-order valence-electron chi connectivity index (χ1n) is 6.42. The van der Waals surface area contributed by atoms with Crippen molar-refractivity contribution in [3.05, 3.63) is 18.3 Å². The van der Waals surface area contributed by atoms with Crippen LogP contribution in [0.25, 0.3) is 0 Å². The van der Waals surface area contributed by atoms with Crippen LogP contribution in [0.1, 0.15) is 32.1 Å². The van der Waals surface area contributed by atoms with Crippen LogP contribution in [0.2, 0.25) is 0 Å². The zero-order valence-corrected chi connectivity index (χ0v) is 10.2. The fourth-order valence-electron chi connectivity index (χ4n) is 2.26. The topological polar surface area (TPSA) is 60.2 Å². The lowest BCUT2D eigenvalue weighted by Gasteiger charge is -2.22. The van der Waals surface area contributed by atoms with E-state index in [1.54, 1.807) is 12.3 Å². The number of ether oxygens (including phenoxy) is 1. The van der Waals surface area contributed by atoms with Crippen LogP contribution in [0.4, 0.5) is 5.82 Å². The number of pyridine rings is 1. The summed E-state index contributed by atoms with van der Waals surface area (Å²) in [7, 11) is 0. The van der Waals surface area contributed by atoms with Crippen LogP contribution in [0, 0.1) is 0 Å². The van der Waals surface area contributed by atoms with Gasteiger partial charge in [0.2, 0.25) is 0 Å². The van der Waals surface area contributed by atoms with Crippen LogP contribution in [-0.4, -0.2) is 24.2 Å². The van der Waals surface area contributed by atoms with Crippen LogP contribution in [0.3, 0.4) is 0 Å². The van der Waals surface area contributed by atoms with E-state index in [-0.39, 0.29) is 0 Å². The minimum atomic E-state index is 0.503. The zero-order chi connectivity index (χ0) is 11.9. The molecule has 1 aromatic heterocycles. The molecule has 1 fully saturated rings. The van der Waals surface area contributed by atoms with E-state index in [4.69, 9.17) is 10.5 Å². The number of hydrogen-bond acceptors (Lipinski definition) is 4. The van der Waals surface area contributed by atoms with E-state index in [0.717, 1.165) is 12.3 Å². The van der Waals surface area contributed by atoms with E-state index >= 15 is 0 Å². The molecule has 0 bridgehead atoms. The van der Waals surface area contributed by atoms with Crippen molar-refractivity contribution in [1.29, 1.82) is 0 Å². The smallest absolute Gasteiger partial charge is 0.126 e. The summed E-state index contributed by atoms with van der Waals surface area (Å²) in [6.07, 6.45) is 8.40. The predicted octanol–water partition coefficient (Wildman–Crippen LogP) is 1.96. The Morgan fingerprint density at radius 3 is 2.94 bits per heavy atom. The van der Waals surface area contributed by atoms with Gasteiger partial charge in [-0.3, -0.25) is 0 Å². The summed E-state index contributed by atoms with van der Waals surface area (Å²) in [4.78, 5) is 3.92. The highest BCUT2D eigenvalue weighted by atomic mass is 16.5. The molecular weight excluding hydrogens is 214 g/mol. The number of hydrogen-bond donors (Lipinski definition) is 2. The van der Waals surface area contributed by atoms with Gasteiger partial charge in [0.25, 0.3) is 0 Å². The van der Waals surface area contributed by atoms with E-state index in [0.29, 0.717) is 18.5 Å². The van der Waals surface area contributed by atoms with Gasteiger partial charge in [-0.25, -0.2) is 4.98 Å². The average molecular weight is 235 g/mol. The largest absolute Gasteiger partial charge is 0.492 e. The van der Waals surface area contributed by atoms with Gasteiger partial charge in [-0.15, -0.1) is 0 Å². The van der Waals surface area contributed by atoms with Crippen LogP contribution >= 0.6 is 0 Å². The van der Waals surface area contributed by atoms with E-state index in [1.165, 1.54) is 32.1 Å². The Morgan fingerprint density at radius 2 is 2.18 bits per heavy atom. The molecule has 4 heteroatoms. The Kier molecular flexibility index (Phi) is 4.62. The van der Waals surface area contributed by atoms with Crippen molar-refractivity contribution in [3.8, 4) is 5.75 Å². The summed E-state index contributed by atoms with van der Waals surface area (Å²) < 4.78 is 5.60. The molecular formula is C13H21N3O. The molecule has 1 aliphatic carbocycles. The Hall–Kier alpha value is -1.29. The summed E-state index contributed by atoms with van der Waals surface area (Å²) >= 11 is 0. The zero-order valence-electron chi connectivity index (χ0n) is 10.2. The van der Waals surface area contributed by atoms with Crippen molar-refractivity contribution in [2.24, 2.45) is 0 Å². The number of nitrogen functional groups attached to an aromatic ring is 1. The highest BCUT2D eigenvalue weighted by molar-refractivity contribution is 5.35. The van der Waals surface area contributed by atoms with Crippen LogP contribution in [0.15, 0.2) is 18.3 Å². The molecule has 4 nitrogen and oxygen atoms in total. The molecule has 0 aromatic carbocycles. The summed E-state index contributed by atoms with van der Waals surface area (Å²) in [5.74, 6) is 1.30. The van der Waals surface area contributed by atoms with Gasteiger partial charge in [0.15, 0.2) is 0 Å². The number of nitrogens with two attached hydrogens (primary N) is 1. The lowest BCUT2D eigenvalue weighted by atomic mass is 9.96. The quantitative estimate of drug-likeness (QED) is 0.766. The molecule has 1 aliphatic rings. The molecule has 0 amide bonds. The third kappa shape index (κ3) is 4.23. The van der Waals surface area contributed by atoms with E-state index in [9.17, 15) is 0 Å². The number of anilines is 1. The summed E-state index contributed by atoms with van der Waals surface area (Å²) in [5.41, 5.74) is 5.57. The normalized spacial score (nSPS) is 16.9. The highest BCUT2D eigenvalue weighted by Crippen LogP contribution is 2.17. The van der Waals surface area contributed by atoms with Crippen molar-refractivity contribution >= 4 is 5.82 Å². The molecule has 0 aliphatic heterocycles. The van der Waals surface area contributed by atoms with E-state index in [2.05, 4.69) is 10.3 Å². The van der Waals surface area contributed by atoms with Gasteiger partial charge < -0.3 is 15.8 Å². The third-order valence-electron chi connectivity index (χ3n) is 3.16. The van der Waals surface area contributed by atoms with E-state index < -0.39 is 0 Å². The number of rotatable bonds is 5. The Balaban J connectivity index is 1.62. The maximum atomic E-state index is 5.60.